The van der Waals surface area contributed by atoms with E-state index in [-0.39, 0.29) is 17.7 Å². The fourth-order valence-corrected chi connectivity index (χ4v) is 3.79. The van der Waals surface area contributed by atoms with E-state index in [1.54, 1.807) is 43.3 Å². The van der Waals surface area contributed by atoms with E-state index >= 15 is 0 Å². The van der Waals surface area contributed by atoms with Crippen molar-refractivity contribution in [1.82, 2.24) is 14.6 Å². The zero-order valence-electron chi connectivity index (χ0n) is 16.2. The molecule has 2 aromatic heterocycles. The van der Waals surface area contributed by atoms with Gasteiger partial charge in [0.15, 0.2) is 0 Å². The van der Waals surface area contributed by atoms with Crippen LogP contribution in [0.1, 0.15) is 31.4 Å². The second-order valence-electron chi connectivity index (χ2n) is 6.49. The van der Waals surface area contributed by atoms with E-state index < -0.39 is 11.9 Å². The molecule has 1 amide bonds. The van der Waals surface area contributed by atoms with Crippen molar-refractivity contribution in [2.75, 3.05) is 5.32 Å². The highest BCUT2D eigenvalue weighted by molar-refractivity contribution is 7.16. The number of nitrogens with one attached hydrogen (secondary N) is 1. The van der Waals surface area contributed by atoms with Crippen LogP contribution in [0.4, 0.5) is 5.69 Å². The van der Waals surface area contributed by atoms with Crippen LogP contribution in [-0.4, -0.2) is 26.5 Å². The number of fused-ring (bicyclic) bond motifs is 1. The number of nitrogens with zero attached hydrogens (tertiary/aromatic N) is 3. The highest BCUT2D eigenvalue weighted by Crippen LogP contribution is 2.19. The van der Waals surface area contributed by atoms with Crippen molar-refractivity contribution in [2.24, 2.45) is 0 Å². The average Bonchev–Trinajstić information content (AvgIpc) is 3.13. The molecule has 8 nitrogen and oxygen atoms in total. The van der Waals surface area contributed by atoms with Gasteiger partial charge in [-0.1, -0.05) is 41.1 Å². The maximum Gasteiger partial charge on any atom is 0.340 e. The standard InChI is InChI=1S/C21H15ClN4O4S/c1-12-25-26-18(27)10-15(23-21(26)31-12)11-30-20(29)16-7-2-3-8-17(16)24-19(28)13-5-4-6-14(22)9-13/h2-10H,11H2,1H3,(H,24,28). The smallest absolute Gasteiger partial charge is 0.340 e. The lowest BCUT2D eigenvalue weighted by atomic mass is 10.1. The molecule has 0 bridgehead atoms. The number of para-hydroxylation sites is 1. The lowest BCUT2D eigenvalue weighted by Crippen LogP contribution is -2.18. The van der Waals surface area contributed by atoms with Crippen LogP contribution in [0, 0.1) is 6.92 Å². The monoisotopic (exact) mass is 454 g/mol. The van der Waals surface area contributed by atoms with E-state index in [2.05, 4.69) is 15.4 Å². The maximum atomic E-state index is 12.6. The summed E-state index contributed by atoms with van der Waals surface area (Å²) in [7, 11) is 0. The minimum atomic E-state index is -0.663. The number of hydrogen-bond donors (Lipinski definition) is 1. The summed E-state index contributed by atoms with van der Waals surface area (Å²) in [6.07, 6.45) is 0. The molecule has 0 radical (unpaired) electrons. The van der Waals surface area contributed by atoms with Gasteiger partial charge < -0.3 is 10.1 Å². The Morgan fingerprint density at radius 1 is 1.16 bits per heavy atom. The van der Waals surface area contributed by atoms with Crippen LogP contribution in [0.15, 0.2) is 59.4 Å². The average molecular weight is 455 g/mol. The molecule has 0 saturated heterocycles. The first-order valence-corrected chi connectivity index (χ1v) is 10.3. The molecule has 0 aliphatic heterocycles. The first kappa shape index (κ1) is 20.7. The van der Waals surface area contributed by atoms with Crippen LogP contribution < -0.4 is 10.9 Å². The second kappa shape index (κ2) is 8.66. The predicted molar refractivity (Wildman–Crippen MR) is 117 cm³/mol. The highest BCUT2D eigenvalue weighted by atomic mass is 35.5. The van der Waals surface area contributed by atoms with Crippen molar-refractivity contribution < 1.29 is 14.3 Å². The molecule has 0 atom stereocenters. The molecule has 31 heavy (non-hydrogen) atoms. The lowest BCUT2D eigenvalue weighted by Gasteiger charge is -2.11. The number of benzene rings is 2. The number of amides is 1. The number of carbonyl (C=O) groups is 2. The van der Waals surface area contributed by atoms with Crippen molar-refractivity contribution in [1.29, 1.82) is 0 Å². The number of carbonyl (C=O) groups excluding carboxylic acids is 2. The van der Waals surface area contributed by atoms with E-state index in [4.69, 9.17) is 16.3 Å². The number of aromatic nitrogens is 3. The van der Waals surface area contributed by atoms with Crippen molar-refractivity contribution >= 4 is 45.5 Å². The van der Waals surface area contributed by atoms with E-state index in [9.17, 15) is 14.4 Å². The van der Waals surface area contributed by atoms with E-state index in [0.717, 1.165) is 0 Å². The van der Waals surface area contributed by atoms with Crippen LogP contribution in [0.25, 0.3) is 4.96 Å². The number of ether oxygens (including phenoxy) is 1. The summed E-state index contributed by atoms with van der Waals surface area (Å²) >= 11 is 7.20. The van der Waals surface area contributed by atoms with Gasteiger partial charge >= 0.3 is 5.97 Å². The molecule has 4 rings (SSSR count). The second-order valence-corrected chi connectivity index (χ2v) is 8.08. The summed E-state index contributed by atoms with van der Waals surface area (Å²) in [6.45, 7) is 1.57. The van der Waals surface area contributed by atoms with Crippen LogP contribution in [0.5, 0.6) is 0 Å². The molecule has 2 heterocycles. The van der Waals surface area contributed by atoms with Gasteiger partial charge in [-0.3, -0.25) is 9.59 Å². The number of aryl methyl sites for hydroxylation is 1. The third kappa shape index (κ3) is 4.62. The van der Waals surface area contributed by atoms with Gasteiger partial charge in [-0.2, -0.15) is 9.61 Å². The van der Waals surface area contributed by atoms with Crippen LogP contribution in [0.2, 0.25) is 5.02 Å². The Kier molecular flexibility index (Phi) is 5.79. The molecular formula is C21H15ClN4O4S. The summed E-state index contributed by atoms with van der Waals surface area (Å²) in [6, 6.07) is 14.2. The van der Waals surface area contributed by atoms with E-state index in [1.165, 1.54) is 34.1 Å². The quantitative estimate of drug-likeness (QED) is 0.461. The molecule has 0 unspecified atom stereocenters. The van der Waals surface area contributed by atoms with Gasteiger partial charge in [0.1, 0.15) is 11.6 Å². The van der Waals surface area contributed by atoms with Crippen molar-refractivity contribution in [3.8, 4) is 0 Å². The van der Waals surface area contributed by atoms with Gasteiger partial charge in [0.25, 0.3) is 11.5 Å². The van der Waals surface area contributed by atoms with Crippen molar-refractivity contribution in [3.63, 3.8) is 0 Å². The summed E-state index contributed by atoms with van der Waals surface area (Å²) in [5, 5.41) is 7.89. The topological polar surface area (TPSA) is 103 Å². The van der Waals surface area contributed by atoms with Crippen LogP contribution >= 0.6 is 22.9 Å². The minimum Gasteiger partial charge on any atom is -0.456 e. The molecule has 0 aliphatic carbocycles. The molecule has 0 aliphatic rings. The molecule has 10 heteroatoms. The first-order chi connectivity index (χ1) is 14.9. The third-order valence-electron chi connectivity index (χ3n) is 4.23. The lowest BCUT2D eigenvalue weighted by molar-refractivity contribution is 0.0469. The Bertz CT molecular complexity index is 1370. The summed E-state index contributed by atoms with van der Waals surface area (Å²) in [5.74, 6) is -1.08. The Morgan fingerprint density at radius 2 is 1.97 bits per heavy atom. The molecule has 156 valence electrons. The van der Waals surface area contributed by atoms with Crippen molar-refractivity contribution in [3.05, 3.63) is 91.8 Å². The van der Waals surface area contributed by atoms with E-state index in [1.807, 2.05) is 0 Å². The molecular weight excluding hydrogens is 440 g/mol. The minimum absolute atomic E-state index is 0.171. The van der Waals surface area contributed by atoms with Gasteiger partial charge in [0.05, 0.1) is 16.9 Å². The first-order valence-electron chi connectivity index (χ1n) is 9.10. The molecule has 0 spiro atoms. The third-order valence-corrected chi connectivity index (χ3v) is 5.29. The largest absolute Gasteiger partial charge is 0.456 e. The van der Waals surface area contributed by atoms with Gasteiger partial charge in [-0.25, -0.2) is 9.78 Å². The normalized spacial score (nSPS) is 10.8. The predicted octanol–water partition coefficient (Wildman–Crippen LogP) is 3.72. The zero-order chi connectivity index (χ0) is 22.0. The van der Waals surface area contributed by atoms with Gasteiger partial charge in [-0.05, 0) is 37.3 Å². The van der Waals surface area contributed by atoms with Gasteiger partial charge in [-0.15, -0.1) is 0 Å². The number of rotatable bonds is 5. The van der Waals surface area contributed by atoms with Gasteiger partial charge in [0.2, 0.25) is 4.96 Å². The molecule has 4 aromatic rings. The number of esters is 1. The Balaban J connectivity index is 1.50. The molecule has 0 saturated carbocycles. The fourth-order valence-electron chi connectivity index (χ4n) is 2.84. The summed E-state index contributed by atoms with van der Waals surface area (Å²) in [4.78, 5) is 42.0. The van der Waals surface area contributed by atoms with Crippen LogP contribution in [-0.2, 0) is 11.3 Å². The maximum absolute atomic E-state index is 12.6. The van der Waals surface area contributed by atoms with E-state index in [0.29, 0.717) is 31.9 Å². The Hall–Kier alpha value is -3.56. The van der Waals surface area contributed by atoms with Crippen LogP contribution in [0.3, 0.4) is 0 Å². The summed E-state index contributed by atoms with van der Waals surface area (Å²) in [5.41, 5.74) is 0.772. The Labute approximate surface area is 185 Å². The Morgan fingerprint density at radius 3 is 2.77 bits per heavy atom. The fraction of sp³-hybridized carbons (Fsp3) is 0.0952. The summed E-state index contributed by atoms with van der Waals surface area (Å²) < 4.78 is 6.53. The highest BCUT2D eigenvalue weighted by Gasteiger charge is 2.16. The molecule has 1 N–H and O–H groups in total. The number of halogens is 1. The SMILES string of the molecule is Cc1nn2c(=O)cc(COC(=O)c3ccccc3NC(=O)c3cccc(Cl)c3)nc2s1. The zero-order valence-corrected chi connectivity index (χ0v) is 17.7. The molecule has 2 aromatic carbocycles. The number of hydrogen-bond acceptors (Lipinski definition) is 7. The number of anilines is 1. The molecule has 0 fully saturated rings. The van der Waals surface area contributed by atoms with Gasteiger partial charge in [0, 0.05) is 16.7 Å². The van der Waals surface area contributed by atoms with Crippen molar-refractivity contribution in [2.45, 2.75) is 13.5 Å².